The van der Waals surface area contributed by atoms with Gasteiger partial charge in [-0.05, 0) is 105 Å². The van der Waals surface area contributed by atoms with Crippen LogP contribution in [0.1, 0.15) is 73.4 Å². The standard InChI is InChI=1S/C41H41N3O4/c1-26-19-27(2)37(28(3)20-26)42-40(48)41(18-17-32-21-30-13-7-8-14-31(30)22-33(32)23-41)44(24-29-11-5-4-6-12-29)36(45)25-43-38(46)34-15-9-10-16-35(34)39(43)47/h4-16,19-20,32-33H,17-18,21-25H2,1-3H3,(H,42,48)/t32-,33-,41+/m1/s1. The Hall–Kier alpha value is -5.04. The van der Waals surface area contributed by atoms with Gasteiger partial charge < -0.3 is 10.2 Å². The van der Waals surface area contributed by atoms with E-state index in [1.54, 1.807) is 29.2 Å². The first-order valence-corrected chi connectivity index (χ1v) is 16.9. The average molecular weight is 640 g/mol. The van der Waals surface area contributed by atoms with Crippen molar-refractivity contribution in [3.8, 4) is 0 Å². The third-order valence-corrected chi connectivity index (χ3v) is 10.8. The zero-order valence-corrected chi connectivity index (χ0v) is 27.8. The molecule has 3 aliphatic rings. The molecule has 2 aliphatic carbocycles. The monoisotopic (exact) mass is 639 g/mol. The predicted octanol–water partition coefficient (Wildman–Crippen LogP) is 6.83. The Kier molecular flexibility index (Phi) is 8.24. The molecular formula is C41H41N3O4. The average Bonchev–Trinajstić information content (AvgIpc) is 3.32. The van der Waals surface area contributed by atoms with Crippen molar-refractivity contribution in [2.45, 2.75) is 65.0 Å². The highest BCUT2D eigenvalue weighted by molar-refractivity contribution is 6.22. The summed E-state index contributed by atoms with van der Waals surface area (Å²) in [6.07, 6.45) is 3.54. The Morgan fingerprint density at radius 2 is 1.35 bits per heavy atom. The van der Waals surface area contributed by atoms with Crippen LogP contribution in [0.4, 0.5) is 5.69 Å². The van der Waals surface area contributed by atoms with Crippen molar-refractivity contribution < 1.29 is 19.2 Å². The van der Waals surface area contributed by atoms with Gasteiger partial charge >= 0.3 is 0 Å². The highest BCUT2D eigenvalue weighted by atomic mass is 16.2. The van der Waals surface area contributed by atoms with Crippen molar-refractivity contribution in [2.75, 3.05) is 11.9 Å². The molecule has 3 atom stereocenters. The number of carbonyl (C=O) groups excluding carboxylic acids is 4. The van der Waals surface area contributed by atoms with Crippen molar-refractivity contribution in [2.24, 2.45) is 11.8 Å². The minimum Gasteiger partial charge on any atom is -0.324 e. The molecule has 4 aromatic carbocycles. The van der Waals surface area contributed by atoms with E-state index in [9.17, 15) is 14.4 Å². The number of benzene rings is 4. The third kappa shape index (κ3) is 5.61. The van der Waals surface area contributed by atoms with Crippen LogP contribution in [0.15, 0.2) is 91.0 Å². The van der Waals surface area contributed by atoms with Crippen molar-refractivity contribution in [3.05, 3.63) is 136 Å². The normalized spacial score (nSPS) is 21.3. The molecule has 1 N–H and O–H groups in total. The van der Waals surface area contributed by atoms with Gasteiger partial charge in [0.25, 0.3) is 11.8 Å². The number of fused-ring (bicyclic) bond motifs is 3. The topological polar surface area (TPSA) is 86.8 Å². The first-order chi connectivity index (χ1) is 23.1. The highest BCUT2D eigenvalue weighted by Crippen LogP contribution is 2.47. The summed E-state index contributed by atoms with van der Waals surface area (Å²) in [4.78, 5) is 59.3. The van der Waals surface area contributed by atoms with Crippen molar-refractivity contribution in [3.63, 3.8) is 0 Å². The maximum atomic E-state index is 15.0. The van der Waals surface area contributed by atoms with E-state index >= 15 is 4.79 Å². The molecule has 4 amide bonds. The van der Waals surface area contributed by atoms with E-state index in [4.69, 9.17) is 0 Å². The molecule has 7 rings (SSSR count). The lowest BCUT2D eigenvalue weighted by Gasteiger charge is -2.51. The summed E-state index contributed by atoms with van der Waals surface area (Å²) in [5.74, 6) is -1.03. The maximum absolute atomic E-state index is 15.0. The van der Waals surface area contributed by atoms with Crippen LogP contribution in [-0.2, 0) is 29.0 Å². The van der Waals surface area contributed by atoms with E-state index in [-0.39, 0.29) is 18.4 Å². The maximum Gasteiger partial charge on any atom is 0.262 e. The molecule has 0 spiro atoms. The molecule has 244 valence electrons. The van der Waals surface area contributed by atoms with E-state index in [0.717, 1.165) is 52.1 Å². The Morgan fingerprint density at radius 3 is 1.98 bits per heavy atom. The number of nitrogens with one attached hydrogen (secondary N) is 1. The van der Waals surface area contributed by atoms with Crippen molar-refractivity contribution in [1.29, 1.82) is 0 Å². The lowest BCUT2D eigenvalue weighted by molar-refractivity contribution is -0.151. The van der Waals surface area contributed by atoms with E-state index in [0.29, 0.717) is 29.9 Å². The summed E-state index contributed by atoms with van der Waals surface area (Å²) in [6.45, 7) is 5.76. The number of aryl methyl sites for hydroxylation is 3. The molecule has 7 nitrogen and oxygen atoms in total. The number of anilines is 1. The second kappa shape index (κ2) is 12.5. The Bertz CT molecular complexity index is 1880. The minimum absolute atomic E-state index is 0.177. The molecule has 0 radical (unpaired) electrons. The van der Waals surface area contributed by atoms with Gasteiger partial charge in [0.2, 0.25) is 11.8 Å². The molecule has 48 heavy (non-hydrogen) atoms. The molecule has 1 aliphatic heterocycles. The number of nitrogens with zero attached hydrogens (tertiary/aromatic N) is 2. The quantitative estimate of drug-likeness (QED) is 0.225. The number of imide groups is 1. The van der Waals surface area contributed by atoms with Crippen LogP contribution < -0.4 is 5.32 Å². The van der Waals surface area contributed by atoms with Gasteiger partial charge in [-0.15, -0.1) is 0 Å². The fourth-order valence-corrected chi connectivity index (χ4v) is 8.42. The van der Waals surface area contributed by atoms with E-state index < -0.39 is 29.8 Å². The third-order valence-electron chi connectivity index (χ3n) is 10.8. The summed E-state index contributed by atoms with van der Waals surface area (Å²) in [7, 11) is 0. The van der Waals surface area contributed by atoms with Gasteiger partial charge in [-0.2, -0.15) is 0 Å². The smallest absolute Gasteiger partial charge is 0.262 e. The van der Waals surface area contributed by atoms with Crippen LogP contribution in [-0.4, -0.2) is 45.5 Å². The second-order valence-corrected chi connectivity index (χ2v) is 13.9. The van der Waals surface area contributed by atoms with Crippen molar-refractivity contribution >= 4 is 29.3 Å². The number of hydrogen-bond acceptors (Lipinski definition) is 4. The van der Waals surface area contributed by atoms with Gasteiger partial charge in [-0.25, -0.2) is 0 Å². The van der Waals surface area contributed by atoms with Gasteiger partial charge in [0.15, 0.2) is 0 Å². The van der Waals surface area contributed by atoms with Crippen LogP contribution in [0.5, 0.6) is 0 Å². The number of amides is 4. The highest BCUT2D eigenvalue weighted by Gasteiger charge is 2.53. The van der Waals surface area contributed by atoms with E-state index in [1.807, 2.05) is 51.1 Å². The summed E-state index contributed by atoms with van der Waals surface area (Å²) >= 11 is 0. The van der Waals surface area contributed by atoms with Gasteiger partial charge in [0.1, 0.15) is 12.1 Å². The molecule has 4 aromatic rings. The lowest BCUT2D eigenvalue weighted by atomic mass is 9.62. The van der Waals surface area contributed by atoms with E-state index in [2.05, 4.69) is 41.7 Å². The Labute approximate surface area is 282 Å². The van der Waals surface area contributed by atoms with Gasteiger partial charge in [0.05, 0.1) is 11.1 Å². The lowest BCUT2D eigenvalue weighted by Crippen LogP contribution is -2.63. The van der Waals surface area contributed by atoms with Crippen LogP contribution in [0.2, 0.25) is 0 Å². The first-order valence-electron chi connectivity index (χ1n) is 16.9. The largest absolute Gasteiger partial charge is 0.324 e. The van der Waals surface area contributed by atoms with Crippen LogP contribution in [0.25, 0.3) is 0 Å². The summed E-state index contributed by atoms with van der Waals surface area (Å²) in [6, 6.07) is 29.0. The summed E-state index contributed by atoms with van der Waals surface area (Å²) < 4.78 is 0. The fraction of sp³-hybridized carbons (Fsp3) is 0.317. The Morgan fingerprint density at radius 1 is 0.792 bits per heavy atom. The molecule has 1 saturated carbocycles. The van der Waals surface area contributed by atoms with Gasteiger partial charge in [-0.1, -0.05) is 84.4 Å². The predicted molar refractivity (Wildman–Crippen MR) is 185 cm³/mol. The number of rotatable bonds is 7. The first kappa shape index (κ1) is 31.6. The molecule has 1 heterocycles. The van der Waals surface area contributed by atoms with Crippen molar-refractivity contribution in [1.82, 2.24) is 9.80 Å². The molecular weight excluding hydrogens is 598 g/mol. The molecule has 0 saturated heterocycles. The zero-order valence-electron chi connectivity index (χ0n) is 27.8. The van der Waals surface area contributed by atoms with Crippen LogP contribution in [0.3, 0.4) is 0 Å². The van der Waals surface area contributed by atoms with Gasteiger partial charge in [0, 0.05) is 12.2 Å². The number of hydrogen-bond donors (Lipinski definition) is 1. The molecule has 0 unspecified atom stereocenters. The Balaban J connectivity index is 1.30. The fourth-order valence-electron chi connectivity index (χ4n) is 8.42. The molecule has 7 heteroatoms. The molecule has 0 bridgehead atoms. The minimum atomic E-state index is -1.21. The summed E-state index contributed by atoms with van der Waals surface area (Å²) in [5, 5.41) is 3.30. The zero-order chi connectivity index (χ0) is 33.6. The van der Waals surface area contributed by atoms with Crippen LogP contribution >= 0.6 is 0 Å². The number of carbonyl (C=O) groups is 4. The SMILES string of the molecule is Cc1cc(C)c(NC(=O)[C@]2(N(Cc3ccccc3)C(=O)CN3C(=O)c4ccccc4C3=O)CC[C@@H]3Cc4ccccc4C[C@@H]3C2)c(C)c1. The second-order valence-electron chi connectivity index (χ2n) is 13.9. The van der Waals surface area contributed by atoms with Crippen LogP contribution in [0, 0.1) is 32.6 Å². The molecule has 0 aromatic heterocycles. The van der Waals surface area contributed by atoms with E-state index in [1.165, 1.54) is 11.1 Å². The summed E-state index contributed by atoms with van der Waals surface area (Å²) in [5.41, 5.74) is 6.72. The van der Waals surface area contributed by atoms with Gasteiger partial charge in [-0.3, -0.25) is 24.1 Å². The molecule has 1 fully saturated rings.